The molecule has 1 atom stereocenters. The Hall–Kier alpha value is -2.96. The number of fused-ring (bicyclic) bond motifs is 1. The van der Waals surface area contributed by atoms with Gasteiger partial charge in [-0.15, -0.1) is 0 Å². The van der Waals surface area contributed by atoms with E-state index >= 15 is 0 Å². The number of furan rings is 1. The number of amides is 1. The molecule has 0 radical (unpaired) electrons. The van der Waals surface area contributed by atoms with Crippen LogP contribution in [-0.4, -0.2) is 16.8 Å². The van der Waals surface area contributed by atoms with Crippen molar-refractivity contribution in [1.82, 2.24) is 0 Å². The van der Waals surface area contributed by atoms with Crippen LogP contribution in [0.1, 0.15) is 22.5 Å². The SMILES string of the molecule is O=C(C[C@@]1(O)C(=O)Nc2ccc(F)cc21)c1ccc(-c2ccc(Cl)cc2)o1. The van der Waals surface area contributed by atoms with E-state index in [1.807, 2.05) is 0 Å². The van der Waals surface area contributed by atoms with Crippen molar-refractivity contribution in [3.8, 4) is 11.3 Å². The summed E-state index contributed by atoms with van der Waals surface area (Å²) in [6.07, 6.45) is -0.567. The monoisotopic (exact) mass is 385 g/mol. The number of rotatable bonds is 4. The quantitative estimate of drug-likeness (QED) is 0.661. The van der Waals surface area contributed by atoms with Gasteiger partial charge in [0, 0.05) is 21.8 Å². The van der Waals surface area contributed by atoms with Gasteiger partial charge < -0.3 is 14.8 Å². The predicted molar refractivity (Wildman–Crippen MR) is 97.0 cm³/mol. The molecule has 5 nitrogen and oxygen atoms in total. The van der Waals surface area contributed by atoms with Crippen LogP contribution < -0.4 is 5.32 Å². The minimum absolute atomic E-state index is 0.00831. The number of hydrogen-bond acceptors (Lipinski definition) is 4. The van der Waals surface area contributed by atoms with Crippen LogP contribution in [0.15, 0.2) is 59.0 Å². The van der Waals surface area contributed by atoms with Crippen LogP contribution in [0, 0.1) is 5.82 Å². The molecule has 136 valence electrons. The third-order valence-corrected chi connectivity index (χ3v) is 4.73. The number of nitrogens with one attached hydrogen (secondary N) is 1. The van der Waals surface area contributed by atoms with Crippen LogP contribution in [0.5, 0.6) is 0 Å². The van der Waals surface area contributed by atoms with Gasteiger partial charge in [-0.1, -0.05) is 11.6 Å². The zero-order valence-electron chi connectivity index (χ0n) is 13.8. The number of hydrogen-bond donors (Lipinski definition) is 2. The minimum atomic E-state index is -2.15. The number of ketones is 1. The van der Waals surface area contributed by atoms with Crippen LogP contribution in [0.25, 0.3) is 11.3 Å². The number of carbonyl (C=O) groups excluding carboxylic acids is 2. The number of aliphatic hydroxyl groups is 1. The maximum absolute atomic E-state index is 13.5. The highest BCUT2D eigenvalue weighted by atomic mass is 35.5. The third-order valence-electron chi connectivity index (χ3n) is 4.48. The Bertz CT molecular complexity index is 1060. The van der Waals surface area contributed by atoms with Crippen molar-refractivity contribution in [2.75, 3.05) is 5.32 Å². The van der Waals surface area contributed by atoms with Crippen LogP contribution in [0.4, 0.5) is 10.1 Å². The van der Waals surface area contributed by atoms with E-state index < -0.39 is 29.5 Å². The molecule has 2 aromatic carbocycles. The third kappa shape index (κ3) is 3.03. The van der Waals surface area contributed by atoms with Crippen molar-refractivity contribution >= 4 is 29.0 Å². The van der Waals surface area contributed by atoms with Gasteiger partial charge in [-0.25, -0.2) is 4.39 Å². The summed E-state index contributed by atoms with van der Waals surface area (Å²) in [5.41, 5.74) is -1.12. The van der Waals surface area contributed by atoms with Crippen molar-refractivity contribution in [2.45, 2.75) is 12.0 Å². The number of halogens is 2. The van der Waals surface area contributed by atoms with Crippen LogP contribution in [-0.2, 0) is 10.4 Å². The van der Waals surface area contributed by atoms with Crippen molar-refractivity contribution in [3.05, 3.63) is 76.8 Å². The Morgan fingerprint density at radius 3 is 2.63 bits per heavy atom. The summed E-state index contributed by atoms with van der Waals surface area (Å²) in [5, 5.41) is 13.8. The number of benzene rings is 2. The summed E-state index contributed by atoms with van der Waals surface area (Å²) < 4.78 is 19.1. The van der Waals surface area contributed by atoms with E-state index in [4.69, 9.17) is 16.0 Å². The fourth-order valence-corrected chi connectivity index (χ4v) is 3.19. The largest absolute Gasteiger partial charge is 0.453 e. The minimum Gasteiger partial charge on any atom is -0.453 e. The molecule has 0 saturated carbocycles. The average molecular weight is 386 g/mol. The fourth-order valence-electron chi connectivity index (χ4n) is 3.07. The Labute approximate surface area is 158 Å². The Kier molecular flexibility index (Phi) is 4.09. The standard InChI is InChI=1S/C20H13ClFNO4/c21-12-3-1-11(2-4-12)17-7-8-18(27-17)16(24)10-20(26)14-9-13(22)5-6-15(14)23-19(20)25/h1-9,26H,10H2,(H,23,25)/t20-/m0/s1. The highest BCUT2D eigenvalue weighted by Crippen LogP contribution is 2.39. The molecule has 0 bridgehead atoms. The smallest absolute Gasteiger partial charge is 0.261 e. The van der Waals surface area contributed by atoms with Gasteiger partial charge in [-0.3, -0.25) is 9.59 Å². The molecule has 3 aromatic rings. The van der Waals surface area contributed by atoms with E-state index in [0.29, 0.717) is 10.8 Å². The average Bonchev–Trinajstić information content (AvgIpc) is 3.21. The molecule has 27 heavy (non-hydrogen) atoms. The lowest BCUT2D eigenvalue weighted by atomic mass is 9.89. The lowest BCUT2D eigenvalue weighted by Crippen LogP contribution is -2.36. The molecule has 1 aromatic heterocycles. The van der Waals surface area contributed by atoms with Gasteiger partial charge in [0.1, 0.15) is 11.6 Å². The molecule has 2 N–H and O–H groups in total. The van der Waals surface area contributed by atoms with Crippen molar-refractivity contribution in [3.63, 3.8) is 0 Å². The molecule has 0 spiro atoms. The second kappa shape index (κ2) is 6.33. The Balaban J connectivity index is 1.61. The van der Waals surface area contributed by atoms with Gasteiger partial charge in [0.15, 0.2) is 11.4 Å². The molecule has 4 rings (SSSR count). The molecule has 1 aliphatic heterocycles. The number of anilines is 1. The van der Waals surface area contributed by atoms with Gasteiger partial charge in [-0.05, 0) is 54.6 Å². The van der Waals surface area contributed by atoms with E-state index in [9.17, 15) is 19.1 Å². The highest BCUT2D eigenvalue weighted by Gasteiger charge is 2.47. The number of carbonyl (C=O) groups is 2. The highest BCUT2D eigenvalue weighted by molar-refractivity contribution is 6.30. The summed E-state index contributed by atoms with van der Waals surface area (Å²) in [6, 6.07) is 13.5. The summed E-state index contributed by atoms with van der Waals surface area (Å²) in [5.74, 6) is -1.53. The van der Waals surface area contributed by atoms with Gasteiger partial charge in [0.05, 0.1) is 6.42 Å². The van der Waals surface area contributed by atoms with Gasteiger partial charge in [0.25, 0.3) is 5.91 Å². The zero-order valence-corrected chi connectivity index (χ0v) is 14.6. The molecule has 7 heteroatoms. The van der Waals surface area contributed by atoms with Gasteiger partial charge in [-0.2, -0.15) is 0 Å². The first-order valence-corrected chi connectivity index (χ1v) is 8.47. The molecular weight excluding hydrogens is 373 g/mol. The topological polar surface area (TPSA) is 79.5 Å². The summed E-state index contributed by atoms with van der Waals surface area (Å²) in [4.78, 5) is 24.8. The van der Waals surface area contributed by atoms with E-state index in [0.717, 1.165) is 17.7 Å². The molecule has 0 unspecified atom stereocenters. The first-order chi connectivity index (χ1) is 12.9. The first kappa shape index (κ1) is 17.5. The predicted octanol–water partition coefficient (Wildman–Crippen LogP) is 4.15. The Morgan fingerprint density at radius 2 is 1.89 bits per heavy atom. The van der Waals surface area contributed by atoms with Crippen LogP contribution in [0.3, 0.4) is 0 Å². The van der Waals surface area contributed by atoms with Crippen LogP contribution >= 0.6 is 11.6 Å². The second-order valence-electron chi connectivity index (χ2n) is 6.28. The normalized spacial score (nSPS) is 18.3. The van der Waals surface area contributed by atoms with Crippen molar-refractivity contribution < 1.29 is 23.5 Å². The van der Waals surface area contributed by atoms with Gasteiger partial charge >= 0.3 is 0 Å². The molecule has 1 aliphatic rings. The van der Waals surface area contributed by atoms with Crippen LogP contribution in [0.2, 0.25) is 5.02 Å². The second-order valence-corrected chi connectivity index (χ2v) is 6.71. The summed E-state index contributed by atoms with van der Waals surface area (Å²) in [7, 11) is 0. The lowest BCUT2D eigenvalue weighted by molar-refractivity contribution is -0.133. The first-order valence-electron chi connectivity index (χ1n) is 8.10. The van der Waals surface area contributed by atoms with Crippen molar-refractivity contribution in [1.29, 1.82) is 0 Å². The number of Topliss-reactive ketones (excluding diaryl/α,β-unsaturated/α-hetero) is 1. The maximum Gasteiger partial charge on any atom is 0.261 e. The summed E-state index contributed by atoms with van der Waals surface area (Å²) >= 11 is 5.85. The van der Waals surface area contributed by atoms with E-state index in [1.165, 1.54) is 12.1 Å². The van der Waals surface area contributed by atoms with E-state index in [-0.39, 0.29) is 17.0 Å². The zero-order chi connectivity index (χ0) is 19.2. The molecular formula is C20H13ClFNO4. The van der Waals surface area contributed by atoms with E-state index in [1.54, 1.807) is 30.3 Å². The summed E-state index contributed by atoms with van der Waals surface area (Å²) in [6.45, 7) is 0. The van der Waals surface area contributed by atoms with Crippen molar-refractivity contribution in [2.24, 2.45) is 0 Å². The Morgan fingerprint density at radius 1 is 1.15 bits per heavy atom. The maximum atomic E-state index is 13.5. The molecule has 0 aliphatic carbocycles. The molecule has 0 saturated heterocycles. The van der Waals surface area contributed by atoms with E-state index in [2.05, 4.69) is 5.32 Å². The van der Waals surface area contributed by atoms with Gasteiger partial charge in [0.2, 0.25) is 5.78 Å². The molecule has 1 amide bonds. The fraction of sp³-hybridized carbons (Fsp3) is 0.100. The lowest BCUT2D eigenvalue weighted by Gasteiger charge is -2.19. The molecule has 2 heterocycles. The molecule has 0 fully saturated rings.